The van der Waals surface area contributed by atoms with Gasteiger partial charge in [0, 0.05) is 4.70 Å². The Labute approximate surface area is 119 Å². The van der Waals surface area contributed by atoms with Gasteiger partial charge in [0.2, 0.25) is 0 Å². The lowest BCUT2D eigenvalue weighted by atomic mass is 10.2. The summed E-state index contributed by atoms with van der Waals surface area (Å²) in [7, 11) is -2.58. The van der Waals surface area contributed by atoms with Gasteiger partial charge in [-0.3, -0.25) is 4.57 Å². The van der Waals surface area contributed by atoms with Gasteiger partial charge in [0.05, 0.1) is 13.3 Å². The van der Waals surface area contributed by atoms with Gasteiger partial charge in [0.15, 0.2) is 0 Å². The van der Waals surface area contributed by atoms with Crippen LogP contribution in [0.2, 0.25) is 0 Å². The summed E-state index contributed by atoms with van der Waals surface area (Å²) in [6, 6.07) is 7.11. The quantitative estimate of drug-likeness (QED) is 0.649. The van der Waals surface area contributed by atoms with E-state index in [0.717, 1.165) is 10.1 Å². The maximum Gasteiger partial charge on any atom is 0.348 e. The van der Waals surface area contributed by atoms with Crippen LogP contribution in [0.3, 0.4) is 0 Å². The largest absolute Gasteiger partial charge is 0.497 e. The Balaban J connectivity index is 2.08. The van der Waals surface area contributed by atoms with E-state index in [1.807, 2.05) is 12.1 Å². The predicted octanol–water partition coefficient (Wildman–Crippen LogP) is 2.24. The first-order valence-electron chi connectivity index (χ1n) is 5.68. The van der Waals surface area contributed by atoms with E-state index in [1.165, 1.54) is 11.3 Å². The molecule has 0 unspecified atom stereocenters. The first-order valence-corrected chi connectivity index (χ1v) is 8.30. The van der Waals surface area contributed by atoms with Crippen LogP contribution in [0.4, 0.5) is 0 Å². The lowest BCUT2D eigenvalue weighted by Crippen LogP contribution is -2.07. The normalized spacial score (nSPS) is 11.6. The minimum absolute atomic E-state index is 0.305. The van der Waals surface area contributed by atoms with E-state index in [4.69, 9.17) is 19.3 Å². The molecule has 0 bridgehead atoms. The smallest absolute Gasteiger partial charge is 0.348 e. The Morgan fingerprint density at radius 2 is 2.10 bits per heavy atom. The van der Waals surface area contributed by atoms with Crippen LogP contribution >= 0.6 is 18.9 Å². The van der Waals surface area contributed by atoms with E-state index >= 15 is 0 Å². The third-order valence-corrected chi connectivity index (χ3v) is 4.39. The van der Waals surface area contributed by atoms with E-state index < -0.39 is 19.7 Å². The number of carbonyl (C=O) groups is 1. The van der Waals surface area contributed by atoms with Gasteiger partial charge in [-0.15, -0.1) is 11.3 Å². The fourth-order valence-electron chi connectivity index (χ4n) is 1.57. The summed E-state index contributed by atoms with van der Waals surface area (Å²) in [5.41, 5.74) is 0. The van der Waals surface area contributed by atoms with Crippen molar-refractivity contribution in [3.8, 4) is 5.75 Å². The van der Waals surface area contributed by atoms with Gasteiger partial charge in [-0.25, -0.2) is 4.79 Å². The topological polar surface area (TPSA) is 93.1 Å². The van der Waals surface area contributed by atoms with Crippen molar-refractivity contribution in [1.82, 2.24) is 0 Å². The number of hydrogen-bond donors (Lipinski definition) is 2. The molecule has 0 aliphatic carbocycles. The van der Waals surface area contributed by atoms with Crippen molar-refractivity contribution < 1.29 is 28.6 Å². The number of carbonyl (C=O) groups excluding carboxylic acids is 1. The van der Waals surface area contributed by atoms with Crippen molar-refractivity contribution in [1.29, 1.82) is 0 Å². The van der Waals surface area contributed by atoms with Gasteiger partial charge >= 0.3 is 13.6 Å². The molecular formula is C12H13O6PS. The predicted molar refractivity (Wildman–Crippen MR) is 75.6 cm³/mol. The molecule has 0 amide bonds. The van der Waals surface area contributed by atoms with Crippen LogP contribution in [-0.2, 0) is 9.30 Å². The lowest BCUT2D eigenvalue weighted by molar-refractivity contribution is 0.0531. The van der Waals surface area contributed by atoms with Crippen molar-refractivity contribution in [2.75, 3.05) is 19.9 Å². The molecule has 2 N–H and O–H groups in total. The summed E-state index contributed by atoms with van der Waals surface area (Å²) >= 11 is 1.24. The van der Waals surface area contributed by atoms with Crippen molar-refractivity contribution in [3.05, 3.63) is 29.1 Å². The molecule has 2 rings (SSSR count). The Morgan fingerprint density at radius 3 is 2.75 bits per heavy atom. The number of thiophene rings is 1. The van der Waals surface area contributed by atoms with Gasteiger partial charge in [0.1, 0.15) is 17.2 Å². The van der Waals surface area contributed by atoms with Gasteiger partial charge < -0.3 is 19.3 Å². The summed E-state index contributed by atoms with van der Waals surface area (Å²) < 4.78 is 21.5. The summed E-state index contributed by atoms with van der Waals surface area (Å²) in [6.45, 7) is -0.305. The average molecular weight is 316 g/mol. The maximum atomic E-state index is 11.8. The summed E-state index contributed by atoms with van der Waals surface area (Å²) in [5.74, 6) is 0.111. The number of fused-ring (bicyclic) bond motifs is 1. The zero-order valence-corrected chi connectivity index (χ0v) is 12.3. The minimum Gasteiger partial charge on any atom is -0.497 e. The maximum absolute atomic E-state index is 11.8. The number of hydrogen-bond acceptors (Lipinski definition) is 5. The molecule has 0 spiro atoms. The molecule has 1 aromatic heterocycles. The van der Waals surface area contributed by atoms with Gasteiger partial charge in [-0.05, 0) is 29.7 Å². The van der Waals surface area contributed by atoms with E-state index in [9.17, 15) is 9.36 Å². The fraction of sp³-hybridized carbons (Fsp3) is 0.250. The second-order valence-electron chi connectivity index (χ2n) is 4.04. The Hall–Kier alpha value is -1.40. The third-order valence-electron chi connectivity index (χ3n) is 2.54. The minimum atomic E-state index is -4.14. The van der Waals surface area contributed by atoms with Crippen molar-refractivity contribution in [3.63, 3.8) is 0 Å². The van der Waals surface area contributed by atoms with Crippen molar-refractivity contribution in [2.24, 2.45) is 0 Å². The average Bonchev–Trinajstić information content (AvgIpc) is 2.79. The van der Waals surface area contributed by atoms with Crippen LogP contribution in [0.25, 0.3) is 10.1 Å². The highest BCUT2D eigenvalue weighted by Crippen LogP contribution is 2.34. The first-order chi connectivity index (χ1) is 9.39. The molecule has 0 aliphatic heterocycles. The molecule has 6 nitrogen and oxygen atoms in total. The monoisotopic (exact) mass is 316 g/mol. The number of ether oxygens (including phenoxy) is 2. The Kier molecular flexibility index (Phi) is 4.45. The second kappa shape index (κ2) is 5.93. The van der Waals surface area contributed by atoms with Gasteiger partial charge in [-0.2, -0.15) is 0 Å². The van der Waals surface area contributed by atoms with E-state index in [2.05, 4.69) is 0 Å². The van der Waals surface area contributed by atoms with Crippen molar-refractivity contribution >= 4 is 35.0 Å². The molecule has 1 aromatic carbocycles. The summed E-state index contributed by atoms with van der Waals surface area (Å²) in [5, 5.41) is 0.887. The fourth-order valence-corrected chi connectivity index (χ4v) is 2.88. The van der Waals surface area contributed by atoms with E-state index in [-0.39, 0.29) is 6.61 Å². The molecule has 0 saturated heterocycles. The zero-order chi connectivity index (χ0) is 14.8. The molecule has 0 atom stereocenters. The van der Waals surface area contributed by atoms with Crippen LogP contribution in [0.15, 0.2) is 24.3 Å². The van der Waals surface area contributed by atoms with E-state index in [0.29, 0.717) is 10.6 Å². The first kappa shape index (κ1) is 15.0. The third kappa shape index (κ3) is 3.80. The number of esters is 1. The zero-order valence-electron chi connectivity index (χ0n) is 10.6. The molecule has 8 heteroatoms. The SMILES string of the molecule is COc1ccc2cc(C(=O)OCCP(=O)(O)O)sc2c1. The molecule has 2 aromatic rings. The Bertz CT molecular complexity index is 674. The summed E-state index contributed by atoms with van der Waals surface area (Å²) in [4.78, 5) is 29.5. The highest BCUT2D eigenvalue weighted by Gasteiger charge is 2.16. The van der Waals surface area contributed by atoms with Gasteiger partial charge in [0.25, 0.3) is 0 Å². The molecule has 1 heterocycles. The molecule has 0 radical (unpaired) electrons. The molecule has 0 fully saturated rings. The lowest BCUT2D eigenvalue weighted by Gasteiger charge is -2.04. The number of benzene rings is 1. The summed E-state index contributed by atoms with van der Waals surface area (Å²) in [6.07, 6.45) is -0.475. The van der Waals surface area contributed by atoms with Crippen LogP contribution in [-0.4, -0.2) is 35.6 Å². The van der Waals surface area contributed by atoms with Crippen LogP contribution in [0.5, 0.6) is 5.75 Å². The highest BCUT2D eigenvalue weighted by atomic mass is 32.1. The molecule has 20 heavy (non-hydrogen) atoms. The van der Waals surface area contributed by atoms with E-state index in [1.54, 1.807) is 19.2 Å². The molecular weight excluding hydrogens is 303 g/mol. The molecule has 0 aliphatic rings. The standard InChI is InChI=1S/C12H13O6PS/c1-17-9-3-2-8-6-11(20-10(8)7-9)12(13)18-4-5-19(14,15)16/h2-3,6-7H,4-5H2,1H3,(H2,14,15,16). The molecule has 0 saturated carbocycles. The van der Waals surface area contributed by atoms with Crippen LogP contribution in [0.1, 0.15) is 9.67 Å². The Morgan fingerprint density at radius 1 is 1.35 bits per heavy atom. The van der Waals surface area contributed by atoms with Crippen LogP contribution in [0, 0.1) is 0 Å². The molecule has 108 valence electrons. The highest BCUT2D eigenvalue weighted by molar-refractivity contribution is 7.51. The van der Waals surface area contributed by atoms with Crippen LogP contribution < -0.4 is 4.74 Å². The number of rotatable bonds is 5. The number of methoxy groups -OCH3 is 1. The van der Waals surface area contributed by atoms with Crippen molar-refractivity contribution in [2.45, 2.75) is 0 Å². The second-order valence-corrected chi connectivity index (χ2v) is 6.90. The van der Waals surface area contributed by atoms with Gasteiger partial charge in [-0.1, -0.05) is 0 Å².